The van der Waals surface area contributed by atoms with Gasteiger partial charge in [0.25, 0.3) is 0 Å². The molecule has 96 valence electrons. The maximum absolute atomic E-state index is 5.84. The van der Waals surface area contributed by atoms with Gasteiger partial charge in [0.05, 0.1) is 6.04 Å². The molecule has 1 unspecified atom stereocenters. The van der Waals surface area contributed by atoms with E-state index in [0.29, 0.717) is 0 Å². The van der Waals surface area contributed by atoms with Crippen molar-refractivity contribution in [3.05, 3.63) is 28.6 Å². The first-order valence-electron chi connectivity index (χ1n) is 6.25. The number of rotatable bonds is 2. The molecule has 0 radical (unpaired) electrons. The van der Waals surface area contributed by atoms with E-state index in [-0.39, 0.29) is 6.04 Å². The SMILES string of the molecule is CC(c1nc2cc(Br)ccc2o1)N1CCNCC1. The first kappa shape index (κ1) is 12.1. The highest BCUT2D eigenvalue weighted by Gasteiger charge is 2.22. The average Bonchev–Trinajstić information content (AvgIpc) is 2.81. The van der Waals surface area contributed by atoms with Crippen LogP contribution < -0.4 is 5.32 Å². The van der Waals surface area contributed by atoms with Gasteiger partial charge in [0.2, 0.25) is 5.89 Å². The Morgan fingerprint density at radius 3 is 2.94 bits per heavy atom. The number of halogens is 1. The zero-order valence-electron chi connectivity index (χ0n) is 10.3. The van der Waals surface area contributed by atoms with E-state index in [9.17, 15) is 0 Å². The molecular weight excluding hydrogens is 294 g/mol. The molecule has 1 saturated heterocycles. The molecule has 0 amide bonds. The summed E-state index contributed by atoms with van der Waals surface area (Å²) in [4.78, 5) is 6.99. The fraction of sp³-hybridized carbons (Fsp3) is 0.462. The summed E-state index contributed by atoms with van der Waals surface area (Å²) in [5, 5.41) is 3.36. The van der Waals surface area contributed by atoms with Crippen molar-refractivity contribution >= 4 is 27.0 Å². The van der Waals surface area contributed by atoms with Crippen molar-refractivity contribution in [1.29, 1.82) is 0 Å². The van der Waals surface area contributed by atoms with Crippen LogP contribution in [-0.4, -0.2) is 36.1 Å². The van der Waals surface area contributed by atoms with Crippen molar-refractivity contribution in [3.63, 3.8) is 0 Å². The lowest BCUT2D eigenvalue weighted by molar-refractivity contribution is 0.164. The second-order valence-corrected chi connectivity index (χ2v) is 5.54. The normalized spacial score (nSPS) is 19.2. The summed E-state index contributed by atoms with van der Waals surface area (Å²) in [6.45, 7) is 6.32. The second kappa shape index (κ2) is 4.99. The van der Waals surface area contributed by atoms with Gasteiger partial charge >= 0.3 is 0 Å². The summed E-state index contributed by atoms with van der Waals surface area (Å²) in [6, 6.07) is 6.17. The number of hydrogen-bond donors (Lipinski definition) is 1. The molecule has 1 aromatic carbocycles. The Hall–Kier alpha value is -0.910. The van der Waals surface area contributed by atoms with E-state index in [1.165, 1.54) is 0 Å². The molecule has 1 aliphatic heterocycles. The molecule has 3 rings (SSSR count). The van der Waals surface area contributed by atoms with Crippen LogP contribution >= 0.6 is 15.9 Å². The molecule has 1 atom stereocenters. The van der Waals surface area contributed by atoms with Gasteiger partial charge in [0.15, 0.2) is 5.58 Å². The minimum absolute atomic E-state index is 0.235. The smallest absolute Gasteiger partial charge is 0.212 e. The molecule has 1 N–H and O–H groups in total. The van der Waals surface area contributed by atoms with Crippen LogP contribution in [0.3, 0.4) is 0 Å². The zero-order valence-corrected chi connectivity index (χ0v) is 11.9. The van der Waals surface area contributed by atoms with Gasteiger partial charge < -0.3 is 9.73 Å². The van der Waals surface area contributed by atoms with Gasteiger partial charge in [0, 0.05) is 30.7 Å². The van der Waals surface area contributed by atoms with Crippen LogP contribution in [0.2, 0.25) is 0 Å². The Kier molecular flexibility index (Phi) is 3.37. The molecule has 1 aliphatic rings. The van der Waals surface area contributed by atoms with Crippen molar-refractivity contribution in [1.82, 2.24) is 15.2 Å². The Bertz CT molecular complexity index is 548. The largest absolute Gasteiger partial charge is 0.439 e. The number of benzene rings is 1. The molecular formula is C13H16BrN3O. The van der Waals surface area contributed by atoms with Crippen molar-refractivity contribution in [2.45, 2.75) is 13.0 Å². The number of aromatic nitrogens is 1. The Balaban J connectivity index is 1.88. The lowest BCUT2D eigenvalue weighted by atomic mass is 10.2. The summed E-state index contributed by atoms with van der Waals surface area (Å²) in [5.74, 6) is 0.810. The number of fused-ring (bicyclic) bond motifs is 1. The third kappa shape index (κ3) is 2.30. The standard InChI is InChI=1S/C13H16BrN3O/c1-9(17-6-4-15-5-7-17)13-16-11-8-10(14)2-3-12(11)18-13/h2-3,8-9,15H,4-7H2,1H3. The molecule has 1 fully saturated rings. The van der Waals surface area contributed by atoms with Gasteiger partial charge in [-0.25, -0.2) is 4.98 Å². The Morgan fingerprint density at radius 2 is 2.17 bits per heavy atom. The highest BCUT2D eigenvalue weighted by Crippen LogP contribution is 2.26. The first-order chi connectivity index (χ1) is 8.74. The summed E-state index contributed by atoms with van der Waals surface area (Å²) >= 11 is 3.45. The quantitative estimate of drug-likeness (QED) is 0.925. The number of nitrogens with zero attached hydrogens (tertiary/aromatic N) is 2. The van der Waals surface area contributed by atoms with Crippen molar-refractivity contribution < 1.29 is 4.42 Å². The number of nitrogens with one attached hydrogen (secondary N) is 1. The van der Waals surface area contributed by atoms with E-state index in [1.807, 2.05) is 18.2 Å². The number of piperazine rings is 1. The van der Waals surface area contributed by atoms with Crippen LogP contribution in [-0.2, 0) is 0 Å². The fourth-order valence-electron chi connectivity index (χ4n) is 2.32. The maximum atomic E-state index is 5.84. The topological polar surface area (TPSA) is 41.3 Å². The van der Waals surface area contributed by atoms with Crippen molar-refractivity contribution in [2.75, 3.05) is 26.2 Å². The van der Waals surface area contributed by atoms with Crippen LogP contribution in [0.1, 0.15) is 18.9 Å². The molecule has 2 aromatic rings. The minimum Gasteiger partial charge on any atom is -0.439 e. The van der Waals surface area contributed by atoms with E-state index in [0.717, 1.165) is 47.6 Å². The number of hydrogen-bond acceptors (Lipinski definition) is 4. The summed E-state index contributed by atoms with van der Waals surface area (Å²) in [7, 11) is 0. The molecule has 2 heterocycles. The van der Waals surface area contributed by atoms with Crippen LogP contribution in [0.5, 0.6) is 0 Å². The van der Waals surface area contributed by atoms with Crippen LogP contribution in [0, 0.1) is 0 Å². The Morgan fingerprint density at radius 1 is 1.39 bits per heavy atom. The van der Waals surface area contributed by atoms with Gasteiger partial charge in [-0.1, -0.05) is 15.9 Å². The third-order valence-corrected chi connectivity index (χ3v) is 3.92. The first-order valence-corrected chi connectivity index (χ1v) is 7.04. The molecule has 1 aromatic heterocycles. The summed E-state index contributed by atoms with van der Waals surface area (Å²) < 4.78 is 6.88. The highest BCUT2D eigenvalue weighted by molar-refractivity contribution is 9.10. The Labute approximate surface area is 114 Å². The van der Waals surface area contributed by atoms with Crippen LogP contribution in [0.4, 0.5) is 0 Å². The average molecular weight is 310 g/mol. The van der Waals surface area contributed by atoms with Crippen molar-refractivity contribution in [2.24, 2.45) is 0 Å². The minimum atomic E-state index is 0.235. The van der Waals surface area contributed by atoms with Gasteiger partial charge in [0.1, 0.15) is 5.52 Å². The highest BCUT2D eigenvalue weighted by atomic mass is 79.9. The lowest BCUT2D eigenvalue weighted by Crippen LogP contribution is -2.44. The maximum Gasteiger partial charge on any atom is 0.212 e. The molecule has 0 aliphatic carbocycles. The fourth-order valence-corrected chi connectivity index (χ4v) is 2.67. The predicted molar refractivity (Wildman–Crippen MR) is 74.6 cm³/mol. The molecule has 0 spiro atoms. The van der Waals surface area contributed by atoms with E-state index < -0.39 is 0 Å². The van der Waals surface area contributed by atoms with Crippen molar-refractivity contribution in [3.8, 4) is 0 Å². The molecule has 0 saturated carbocycles. The molecule has 18 heavy (non-hydrogen) atoms. The van der Waals surface area contributed by atoms with Gasteiger partial charge in [-0.05, 0) is 25.1 Å². The second-order valence-electron chi connectivity index (χ2n) is 4.63. The van der Waals surface area contributed by atoms with Gasteiger partial charge in [-0.3, -0.25) is 4.90 Å². The monoisotopic (exact) mass is 309 g/mol. The summed E-state index contributed by atoms with van der Waals surface area (Å²) in [6.07, 6.45) is 0. The predicted octanol–water partition coefficient (Wildman–Crippen LogP) is 2.56. The van der Waals surface area contributed by atoms with Gasteiger partial charge in [-0.15, -0.1) is 0 Å². The number of oxazole rings is 1. The van der Waals surface area contributed by atoms with E-state index >= 15 is 0 Å². The summed E-state index contributed by atoms with van der Waals surface area (Å²) in [5.41, 5.74) is 1.77. The molecule has 4 nitrogen and oxygen atoms in total. The van der Waals surface area contributed by atoms with E-state index in [4.69, 9.17) is 4.42 Å². The molecule has 0 bridgehead atoms. The van der Waals surface area contributed by atoms with Gasteiger partial charge in [-0.2, -0.15) is 0 Å². The lowest BCUT2D eigenvalue weighted by Gasteiger charge is -2.30. The third-order valence-electron chi connectivity index (χ3n) is 3.42. The zero-order chi connectivity index (χ0) is 12.5. The van der Waals surface area contributed by atoms with E-state index in [1.54, 1.807) is 0 Å². The van der Waals surface area contributed by atoms with Crippen LogP contribution in [0.25, 0.3) is 11.1 Å². The molecule has 5 heteroatoms. The van der Waals surface area contributed by atoms with Crippen LogP contribution in [0.15, 0.2) is 27.1 Å². The van der Waals surface area contributed by atoms with E-state index in [2.05, 4.69) is 38.1 Å².